The van der Waals surface area contributed by atoms with Gasteiger partial charge in [-0.05, 0) is 36.8 Å². The van der Waals surface area contributed by atoms with Gasteiger partial charge in [-0.25, -0.2) is 4.98 Å². The summed E-state index contributed by atoms with van der Waals surface area (Å²) in [5.74, 6) is 0.848. The second kappa shape index (κ2) is 5.45. The van der Waals surface area contributed by atoms with E-state index in [2.05, 4.69) is 24.0 Å². The zero-order valence-electron chi connectivity index (χ0n) is 10.8. The molecular formula is C15H15BrN2O. The third-order valence-electron chi connectivity index (χ3n) is 2.98. The van der Waals surface area contributed by atoms with Crippen LogP contribution in [-0.4, -0.2) is 16.5 Å². The van der Waals surface area contributed by atoms with Gasteiger partial charge in [0, 0.05) is 18.0 Å². The molecule has 3 rings (SSSR count). The molecule has 4 heteroatoms. The van der Waals surface area contributed by atoms with E-state index in [-0.39, 0.29) is 17.0 Å². The number of fused-ring (bicyclic) bond motifs is 1. The standard InChI is InChI=1S/C15H14N2O.BrH/c1-11-6-7-17-10-14(16-15(17)8-11)12-4-3-5-13(9-12)18-2;/h3-10H,1-2H3;1H. The van der Waals surface area contributed by atoms with E-state index < -0.39 is 0 Å². The van der Waals surface area contributed by atoms with Crippen LogP contribution in [0.25, 0.3) is 16.9 Å². The molecule has 0 aliphatic heterocycles. The number of methoxy groups -OCH3 is 1. The molecular weight excluding hydrogens is 304 g/mol. The van der Waals surface area contributed by atoms with Gasteiger partial charge in [-0.2, -0.15) is 0 Å². The highest BCUT2D eigenvalue weighted by Gasteiger charge is 2.05. The molecule has 0 N–H and O–H groups in total. The Labute approximate surface area is 122 Å². The summed E-state index contributed by atoms with van der Waals surface area (Å²) in [5.41, 5.74) is 4.20. The van der Waals surface area contributed by atoms with E-state index in [9.17, 15) is 0 Å². The van der Waals surface area contributed by atoms with Gasteiger partial charge in [0.1, 0.15) is 11.4 Å². The second-order valence-electron chi connectivity index (χ2n) is 4.33. The predicted molar refractivity (Wildman–Crippen MR) is 82.2 cm³/mol. The van der Waals surface area contributed by atoms with Crippen molar-refractivity contribution in [3.8, 4) is 17.0 Å². The largest absolute Gasteiger partial charge is 0.497 e. The number of hydrogen-bond donors (Lipinski definition) is 0. The summed E-state index contributed by atoms with van der Waals surface area (Å²) in [4.78, 5) is 4.63. The van der Waals surface area contributed by atoms with E-state index in [0.29, 0.717) is 0 Å². The molecule has 0 aliphatic rings. The van der Waals surface area contributed by atoms with Crippen molar-refractivity contribution in [3.05, 3.63) is 54.4 Å². The number of benzene rings is 1. The van der Waals surface area contributed by atoms with Crippen molar-refractivity contribution in [2.75, 3.05) is 7.11 Å². The SMILES string of the molecule is Br.COc1cccc(-c2cn3ccc(C)cc3n2)c1. The fraction of sp³-hybridized carbons (Fsp3) is 0.133. The van der Waals surface area contributed by atoms with Gasteiger partial charge in [0.2, 0.25) is 0 Å². The lowest BCUT2D eigenvalue weighted by Gasteiger charge is -2.00. The topological polar surface area (TPSA) is 26.5 Å². The van der Waals surface area contributed by atoms with Crippen LogP contribution in [-0.2, 0) is 0 Å². The molecule has 2 aromatic heterocycles. The quantitative estimate of drug-likeness (QED) is 0.716. The Morgan fingerprint density at radius 1 is 1.16 bits per heavy atom. The summed E-state index contributed by atoms with van der Waals surface area (Å²) in [5, 5.41) is 0. The Kier molecular flexibility index (Phi) is 3.90. The molecule has 1 aromatic carbocycles. The summed E-state index contributed by atoms with van der Waals surface area (Å²) < 4.78 is 7.26. The minimum absolute atomic E-state index is 0. The van der Waals surface area contributed by atoms with Gasteiger partial charge in [0.15, 0.2) is 0 Å². The summed E-state index contributed by atoms with van der Waals surface area (Å²) in [7, 11) is 1.67. The van der Waals surface area contributed by atoms with Crippen molar-refractivity contribution >= 4 is 22.6 Å². The van der Waals surface area contributed by atoms with Crippen LogP contribution in [0.5, 0.6) is 5.75 Å². The highest BCUT2D eigenvalue weighted by Crippen LogP contribution is 2.23. The Morgan fingerprint density at radius 3 is 2.79 bits per heavy atom. The zero-order chi connectivity index (χ0) is 12.5. The van der Waals surface area contributed by atoms with Crippen LogP contribution in [0.1, 0.15) is 5.56 Å². The van der Waals surface area contributed by atoms with Gasteiger partial charge in [0.05, 0.1) is 12.8 Å². The number of hydrogen-bond acceptors (Lipinski definition) is 2. The van der Waals surface area contributed by atoms with Crippen LogP contribution >= 0.6 is 17.0 Å². The average molecular weight is 319 g/mol. The fourth-order valence-corrected chi connectivity index (χ4v) is 2.01. The smallest absolute Gasteiger partial charge is 0.137 e. The number of pyridine rings is 1. The molecule has 0 aliphatic carbocycles. The van der Waals surface area contributed by atoms with Crippen LogP contribution in [0.15, 0.2) is 48.8 Å². The summed E-state index contributed by atoms with van der Waals surface area (Å²) >= 11 is 0. The van der Waals surface area contributed by atoms with Crippen molar-refractivity contribution in [1.82, 2.24) is 9.38 Å². The first kappa shape index (κ1) is 13.6. The number of nitrogens with zero attached hydrogens (tertiary/aromatic N) is 2. The van der Waals surface area contributed by atoms with Crippen molar-refractivity contribution in [3.63, 3.8) is 0 Å². The number of rotatable bonds is 2. The molecule has 0 radical (unpaired) electrons. The third kappa shape index (κ3) is 2.63. The average Bonchev–Trinajstić information content (AvgIpc) is 2.81. The van der Waals surface area contributed by atoms with E-state index in [1.165, 1.54) is 5.56 Å². The van der Waals surface area contributed by atoms with Crippen LogP contribution in [0.3, 0.4) is 0 Å². The monoisotopic (exact) mass is 318 g/mol. The van der Waals surface area contributed by atoms with Gasteiger partial charge in [-0.3, -0.25) is 0 Å². The molecule has 0 bridgehead atoms. The van der Waals surface area contributed by atoms with Crippen LogP contribution < -0.4 is 4.74 Å². The number of aryl methyl sites for hydroxylation is 1. The van der Waals surface area contributed by atoms with Gasteiger partial charge < -0.3 is 9.14 Å². The van der Waals surface area contributed by atoms with Crippen LogP contribution in [0, 0.1) is 6.92 Å². The fourth-order valence-electron chi connectivity index (χ4n) is 2.01. The van der Waals surface area contributed by atoms with E-state index in [0.717, 1.165) is 22.7 Å². The van der Waals surface area contributed by atoms with E-state index in [1.807, 2.05) is 41.1 Å². The maximum Gasteiger partial charge on any atom is 0.137 e. The molecule has 3 nitrogen and oxygen atoms in total. The summed E-state index contributed by atoms with van der Waals surface area (Å²) in [6, 6.07) is 12.1. The maximum atomic E-state index is 5.23. The molecule has 98 valence electrons. The van der Waals surface area contributed by atoms with Crippen LogP contribution in [0.2, 0.25) is 0 Å². The van der Waals surface area contributed by atoms with Crippen molar-refractivity contribution in [1.29, 1.82) is 0 Å². The summed E-state index contributed by atoms with van der Waals surface area (Å²) in [6.45, 7) is 2.07. The normalized spacial score (nSPS) is 10.2. The lowest BCUT2D eigenvalue weighted by Crippen LogP contribution is -1.83. The molecule has 19 heavy (non-hydrogen) atoms. The van der Waals surface area contributed by atoms with Crippen molar-refractivity contribution in [2.45, 2.75) is 6.92 Å². The molecule has 3 aromatic rings. The highest BCUT2D eigenvalue weighted by molar-refractivity contribution is 8.93. The maximum absolute atomic E-state index is 5.23. The van der Waals surface area contributed by atoms with E-state index >= 15 is 0 Å². The Bertz CT molecular complexity index is 706. The van der Waals surface area contributed by atoms with Crippen molar-refractivity contribution < 1.29 is 4.74 Å². The highest BCUT2D eigenvalue weighted by atomic mass is 79.9. The number of halogens is 1. The van der Waals surface area contributed by atoms with Gasteiger partial charge >= 0.3 is 0 Å². The van der Waals surface area contributed by atoms with E-state index in [4.69, 9.17) is 4.74 Å². The minimum Gasteiger partial charge on any atom is -0.497 e. The van der Waals surface area contributed by atoms with E-state index in [1.54, 1.807) is 7.11 Å². The van der Waals surface area contributed by atoms with Crippen LogP contribution in [0.4, 0.5) is 0 Å². The lowest BCUT2D eigenvalue weighted by atomic mass is 10.1. The number of ether oxygens (including phenoxy) is 1. The third-order valence-corrected chi connectivity index (χ3v) is 2.98. The van der Waals surface area contributed by atoms with Gasteiger partial charge in [0.25, 0.3) is 0 Å². The first-order valence-electron chi connectivity index (χ1n) is 5.86. The Balaban J connectivity index is 0.00000133. The molecule has 2 heterocycles. The Morgan fingerprint density at radius 2 is 2.00 bits per heavy atom. The van der Waals surface area contributed by atoms with Gasteiger partial charge in [-0.15, -0.1) is 17.0 Å². The molecule has 0 spiro atoms. The molecule has 0 amide bonds. The summed E-state index contributed by atoms with van der Waals surface area (Å²) in [6.07, 6.45) is 4.06. The van der Waals surface area contributed by atoms with Gasteiger partial charge in [-0.1, -0.05) is 12.1 Å². The lowest BCUT2D eigenvalue weighted by molar-refractivity contribution is 0.415. The zero-order valence-corrected chi connectivity index (χ0v) is 12.5. The molecule has 0 saturated carbocycles. The first-order valence-corrected chi connectivity index (χ1v) is 5.86. The Hall–Kier alpha value is -1.81. The molecule has 0 fully saturated rings. The first-order chi connectivity index (χ1) is 8.76. The van der Waals surface area contributed by atoms with Crippen molar-refractivity contribution in [2.24, 2.45) is 0 Å². The predicted octanol–water partition coefficient (Wildman–Crippen LogP) is 3.90. The molecule has 0 unspecified atom stereocenters. The minimum atomic E-state index is 0. The number of imidazole rings is 1. The second-order valence-corrected chi connectivity index (χ2v) is 4.33. The molecule has 0 saturated heterocycles. The molecule has 0 atom stereocenters. The number of aromatic nitrogens is 2.